The molecule has 1 nitrogen and oxygen atoms in total. The van der Waals surface area contributed by atoms with Crippen LogP contribution in [0.4, 0.5) is 0 Å². The summed E-state index contributed by atoms with van der Waals surface area (Å²) in [6, 6.07) is 11.0. The first kappa shape index (κ1) is 9.74. The first-order valence-electron chi connectivity index (χ1n) is 6.90. The minimum Gasteiger partial charge on any atom is -0.264 e. The van der Waals surface area contributed by atoms with Crippen LogP contribution in [0.25, 0.3) is 27.6 Å². The quantitative estimate of drug-likeness (QED) is 0.529. The number of benzene rings is 2. The average Bonchev–Trinajstić information content (AvgIpc) is 3.26. The van der Waals surface area contributed by atoms with Crippen molar-refractivity contribution in [2.75, 3.05) is 0 Å². The molecule has 0 saturated heterocycles. The Morgan fingerprint density at radius 1 is 0.947 bits per heavy atom. The predicted octanol–water partition coefficient (Wildman–Crippen LogP) is 4.52. The molecule has 5 rings (SSSR count). The topological polar surface area (TPSA) is 12.9 Å². The van der Waals surface area contributed by atoms with Crippen LogP contribution in [0.15, 0.2) is 48.8 Å². The van der Waals surface area contributed by atoms with Crippen LogP contribution in [-0.4, -0.2) is 4.98 Å². The summed E-state index contributed by atoms with van der Waals surface area (Å²) < 4.78 is 0. The second-order valence-corrected chi connectivity index (χ2v) is 5.66. The van der Waals surface area contributed by atoms with Crippen molar-refractivity contribution in [2.24, 2.45) is 5.92 Å². The third kappa shape index (κ3) is 1.18. The van der Waals surface area contributed by atoms with Crippen LogP contribution in [0.1, 0.15) is 23.5 Å². The zero-order valence-corrected chi connectivity index (χ0v) is 10.5. The van der Waals surface area contributed by atoms with Crippen LogP contribution < -0.4 is 0 Å². The van der Waals surface area contributed by atoms with E-state index in [1.807, 2.05) is 12.4 Å². The van der Waals surface area contributed by atoms with Crippen molar-refractivity contribution in [2.45, 2.75) is 12.3 Å². The van der Waals surface area contributed by atoms with Crippen LogP contribution in [-0.2, 0) is 0 Å². The highest BCUT2D eigenvalue weighted by molar-refractivity contribution is 6.13. The number of fused-ring (bicyclic) bond motifs is 8. The number of hydrogen-bond donors (Lipinski definition) is 0. The van der Waals surface area contributed by atoms with Gasteiger partial charge in [0.2, 0.25) is 0 Å². The van der Waals surface area contributed by atoms with E-state index >= 15 is 0 Å². The summed E-state index contributed by atoms with van der Waals surface area (Å²) in [7, 11) is 0. The van der Waals surface area contributed by atoms with Gasteiger partial charge >= 0.3 is 0 Å². The number of rotatable bonds is 0. The van der Waals surface area contributed by atoms with Gasteiger partial charge in [-0.3, -0.25) is 4.98 Å². The van der Waals surface area contributed by atoms with E-state index in [4.69, 9.17) is 0 Å². The van der Waals surface area contributed by atoms with Crippen molar-refractivity contribution in [1.82, 2.24) is 4.98 Å². The monoisotopic (exact) mass is 243 g/mol. The maximum absolute atomic E-state index is 4.33. The van der Waals surface area contributed by atoms with Gasteiger partial charge in [0.15, 0.2) is 0 Å². The first-order chi connectivity index (χ1) is 9.43. The maximum Gasteiger partial charge on any atom is 0.0352 e. The van der Waals surface area contributed by atoms with Gasteiger partial charge in [0.05, 0.1) is 0 Å². The Morgan fingerprint density at radius 3 is 2.74 bits per heavy atom. The first-order valence-corrected chi connectivity index (χ1v) is 6.90. The molecule has 0 spiro atoms. The molecule has 1 aromatic heterocycles. The van der Waals surface area contributed by atoms with E-state index in [9.17, 15) is 0 Å². The second-order valence-electron chi connectivity index (χ2n) is 5.66. The van der Waals surface area contributed by atoms with Crippen molar-refractivity contribution < 1.29 is 0 Å². The number of nitrogens with zero attached hydrogens (tertiary/aromatic N) is 1. The zero-order chi connectivity index (χ0) is 12.4. The zero-order valence-electron chi connectivity index (χ0n) is 10.5. The molecule has 2 aliphatic carbocycles. The SMILES string of the molecule is C1=CC2CC2c2c1c1cnccc1c1ccccc21. The molecule has 3 aromatic rings. The highest BCUT2D eigenvalue weighted by atomic mass is 14.6. The second kappa shape index (κ2) is 3.24. The molecule has 1 saturated carbocycles. The summed E-state index contributed by atoms with van der Waals surface area (Å²) in [5.41, 5.74) is 2.96. The highest BCUT2D eigenvalue weighted by Crippen LogP contribution is 2.55. The number of pyridine rings is 1. The van der Waals surface area contributed by atoms with E-state index < -0.39 is 0 Å². The molecule has 2 unspecified atom stereocenters. The Labute approximate surface area is 111 Å². The number of hydrogen-bond acceptors (Lipinski definition) is 1. The lowest BCUT2D eigenvalue weighted by molar-refractivity contribution is 1.01. The van der Waals surface area contributed by atoms with Crippen LogP contribution in [0.2, 0.25) is 0 Å². The maximum atomic E-state index is 4.33. The molecule has 2 aromatic carbocycles. The van der Waals surface area contributed by atoms with Gasteiger partial charge in [0, 0.05) is 17.8 Å². The van der Waals surface area contributed by atoms with Crippen molar-refractivity contribution in [3.63, 3.8) is 0 Å². The molecule has 19 heavy (non-hydrogen) atoms. The normalized spacial score (nSPS) is 23.4. The Morgan fingerprint density at radius 2 is 1.79 bits per heavy atom. The molecule has 2 atom stereocenters. The summed E-state index contributed by atoms with van der Waals surface area (Å²) >= 11 is 0. The Kier molecular flexibility index (Phi) is 1.66. The van der Waals surface area contributed by atoms with E-state index in [1.54, 1.807) is 5.56 Å². The van der Waals surface area contributed by atoms with E-state index in [1.165, 1.54) is 33.5 Å². The minimum absolute atomic E-state index is 0.745. The molecule has 0 bridgehead atoms. The third-order valence-corrected chi connectivity index (χ3v) is 4.63. The highest BCUT2D eigenvalue weighted by Gasteiger charge is 2.41. The van der Waals surface area contributed by atoms with Gasteiger partial charge in [0.25, 0.3) is 0 Å². The van der Waals surface area contributed by atoms with Crippen molar-refractivity contribution >= 4 is 27.6 Å². The molecule has 0 aliphatic heterocycles. The number of aromatic nitrogens is 1. The van der Waals surface area contributed by atoms with E-state index in [0.717, 1.165) is 11.8 Å². The third-order valence-electron chi connectivity index (χ3n) is 4.63. The summed E-state index contributed by atoms with van der Waals surface area (Å²) in [5, 5.41) is 5.44. The van der Waals surface area contributed by atoms with Gasteiger partial charge in [-0.2, -0.15) is 0 Å². The van der Waals surface area contributed by atoms with Gasteiger partial charge in [0.1, 0.15) is 0 Å². The minimum atomic E-state index is 0.745. The van der Waals surface area contributed by atoms with Crippen molar-refractivity contribution in [3.8, 4) is 0 Å². The van der Waals surface area contributed by atoms with Gasteiger partial charge in [-0.1, -0.05) is 36.4 Å². The molecular formula is C18H13N. The molecule has 1 heteroatoms. The molecule has 90 valence electrons. The molecule has 0 radical (unpaired) electrons. The summed E-state index contributed by atoms with van der Waals surface area (Å²) in [6.45, 7) is 0. The van der Waals surface area contributed by atoms with Gasteiger partial charge in [-0.25, -0.2) is 0 Å². The van der Waals surface area contributed by atoms with Crippen LogP contribution in [0.5, 0.6) is 0 Å². The summed E-state index contributed by atoms with van der Waals surface area (Å²) in [5.74, 6) is 1.53. The largest absolute Gasteiger partial charge is 0.264 e. The molecular weight excluding hydrogens is 230 g/mol. The van der Waals surface area contributed by atoms with E-state index in [0.29, 0.717) is 0 Å². The molecule has 0 amide bonds. The standard InChI is InChI=1S/C18H13N/c1-2-4-14-12(3-1)13-7-8-19-10-17(13)15-6-5-11-9-16(11)18(14)15/h1-8,10-11,16H,9H2. The summed E-state index contributed by atoms with van der Waals surface area (Å²) in [6.07, 6.45) is 9.94. The van der Waals surface area contributed by atoms with Crippen LogP contribution in [0.3, 0.4) is 0 Å². The van der Waals surface area contributed by atoms with Crippen LogP contribution in [0, 0.1) is 5.92 Å². The fourth-order valence-corrected chi connectivity index (χ4v) is 3.65. The Hall–Kier alpha value is -2.15. The van der Waals surface area contributed by atoms with Crippen molar-refractivity contribution in [1.29, 1.82) is 0 Å². The Balaban J connectivity index is 2.10. The fraction of sp³-hybridized carbons (Fsp3) is 0.167. The Bertz CT molecular complexity index is 860. The lowest BCUT2D eigenvalue weighted by Gasteiger charge is -2.17. The lowest BCUT2D eigenvalue weighted by Crippen LogP contribution is -1.97. The number of allylic oxidation sites excluding steroid dienone is 1. The lowest BCUT2D eigenvalue weighted by atomic mass is 9.87. The summed E-state index contributed by atoms with van der Waals surface area (Å²) in [4.78, 5) is 4.33. The molecule has 0 N–H and O–H groups in total. The van der Waals surface area contributed by atoms with E-state index in [2.05, 4.69) is 47.5 Å². The average molecular weight is 243 g/mol. The van der Waals surface area contributed by atoms with E-state index in [-0.39, 0.29) is 0 Å². The predicted molar refractivity (Wildman–Crippen MR) is 79.1 cm³/mol. The fourth-order valence-electron chi connectivity index (χ4n) is 3.65. The van der Waals surface area contributed by atoms with Crippen LogP contribution >= 0.6 is 0 Å². The molecule has 2 aliphatic rings. The van der Waals surface area contributed by atoms with Gasteiger partial charge < -0.3 is 0 Å². The smallest absolute Gasteiger partial charge is 0.0352 e. The molecule has 1 fully saturated rings. The molecule has 1 heterocycles. The van der Waals surface area contributed by atoms with Gasteiger partial charge in [-0.15, -0.1) is 0 Å². The van der Waals surface area contributed by atoms with Gasteiger partial charge in [-0.05, 0) is 51.6 Å². The van der Waals surface area contributed by atoms with Crippen molar-refractivity contribution in [3.05, 3.63) is 59.9 Å².